The van der Waals surface area contributed by atoms with Gasteiger partial charge in [0.15, 0.2) is 0 Å². The van der Waals surface area contributed by atoms with Crippen molar-refractivity contribution in [3.63, 3.8) is 0 Å². The molecule has 0 aliphatic carbocycles. The van der Waals surface area contributed by atoms with E-state index >= 15 is 0 Å². The van der Waals surface area contributed by atoms with Gasteiger partial charge in [0.25, 0.3) is 10.0 Å². The molecule has 0 fully saturated rings. The quantitative estimate of drug-likeness (QED) is 0.357. The van der Waals surface area contributed by atoms with E-state index < -0.39 is 28.5 Å². The molecule has 1 atom stereocenters. The molecule has 39 heavy (non-hydrogen) atoms. The molecular formula is C29H34ClN3O5S. The number of carbonyl (C=O) groups is 2. The Morgan fingerprint density at radius 3 is 2.26 bits per heavy atom. The van der Waals surface area contributed by atoms with Crippen molar-refractivity contribution in [3.8, 4) is 5.75 Å². The highest BCUT2D eigenvalue weighted by Gasteiger charge is 2.33. The lowest BCUT2D eigenvalue weighted by atomic mass is 10.1. The maximum atomic E-state index is 13.9. The number of aryl methyl sites for hydroxylation is 1. The fraction of sp³-hybridized carbons (Fsp3) is 0.310. The average Bonchev–Trinajstić information content (AvgIpc) is 2.90. The topological polar surface area (TPSA) is 96.0 Å². The van der Waals surface area contributed by atoms with Crippen molar-refractivity contribution in [1.29, 1.82) is 0 Å². The zero-order valence-corrected chi connectivity index (χ0v) is 24.3. The number of benzene rings is 3. The molecular weight excluding hydrogens is 538 g/mol. The number of nitrogens with zero attached hydrogens (tertiary/aromatic N) is 2. The Hall–Kier alpha value is -3.56. The average molecular weight is 572 g/mol. The number of amides is 2. The van der Waals surface area contributed by atoms with Crippen molar-refractivity contribution in [2.24, 2.45) is 0 Å². The summed E-state index contributed by atoms with van der Waals surface area (Å²) in [5.74, 6) is -0.328. The second-order valence-electron chi connectivity index (χ2n) is 9.49. The predicted molar refractivity (Wildman–Crippen MR) is 153 cm³/mol. The van der Waals surface area contributed by atoms with Crippen LogP contribution in [0.5, 0.6) is 5.75 Å². The van der Waals surface area contributed by atoms with Gasteiger partial charge in [0.1, 0.15) is 18.3 Å². The molecule has 0 bridgehead atoms. The summed E-state index contributed by atoms with van der Waals surface area (Å²) in [6, 6.07) is 18.9. The Morgan fingerprint density at radius 2 is 1.64 bits per heavy atom. The number of halogens is 1. The number of nitrogens with one attached hydrogen (secondary N) is 1. The lowest BCUT2D eigenvalue weighted by molar-refractivity contribution is -0.139. The molecule has 0 aliphatic heterocycles. The molecule has 3 aromatic rings. The van der Waals surface area contributed by atoms with E-state index in [1.54, 1.807) is 61.5 Å². The molecule has 0 radical (unpaired) electrons. The lowest BCUT2D eigenvalue weighted by Gasteiger charge is -2.32. The van der Waals surface area contributed by atoms with Crippen molar-refractivity contribution in [2.45, 2.75) is 51.2 Å². The van der Waals surface area contributed by atoms with Gasteiger partial charge in [-0.2, -0.15) is 0 Å². The van der Waals surface area contributed by atoms with Gasteiger partial charge in [-0.05, 0) is 69.7 Å². The molecule has 0 saturated heterocycles. The van der Waals surface area contributed by atoms with Gasteiger partial charge in [0.05, 0.1) is 22.7 Å². The third-order valence-corrected chi connectivity index (χ3v) is 8.19. The van der Waals surface area contributed by atoms with Gasteiger partial charge < -0.3 is 15.0 Å². The third kappa shape index (κ3) is 7.52. The molecule has 10 heteroatoms. The van der Waals surface area contributed by atoms with Crippen LogP contribution in [-0.4, -0.2) is 50.9 Å². The van der Waals surface area contributed by atoms with Crippen LogP contribution in [0.25, 0.3) is 0 Å². The van der Waals surface area contributed by atoms with Crippen molar-refractivity contribution in [1.82, 2.24) is 10.2 Å². The van der Waals surface area contributed by atoms with Crippen LogP contribution in [-0.2, 0) is 26.2 Å². The monoisotopic (exact) mass is 571 g/mol. The van der Waals surface area contributed by atoms with Crippen LogP contribution < -0.4 is 14.4 Å². The molecule has 0 aromatic heterocycles. The standard InChI is InChI=1S/C29H34ClN3O5S/c1-20(2)31-29(35)22(4)32(18-23-9-8-10-24(17-23)38-5)28(34)19-33(27-12-7-6-11-26(27)30)39(36,37)25-15-13-21(3)14-16-25/h6-17,20,22H,18-19H2,1-5H3,(H,31,35)/t22-/m1/s1. The number of ether oxygens (including phenoxy) is 1. The summed E-state index contributed by atoms with van der Waals surface area (Å²) in [7, 11) is -2.65. The predicted octanol–water partition coefficient (Wildman–Crippen LogP) is 4.79. The fourth-order valence-electron chi connectivity index (χ4n) is 3.96. The van der Waals surface area contributed by atoms with E-state index in [9.17, 15) is 18.0 Å². The number of rotatable bonds is 11. The van der Waals surface area contributed by atoms with Crippen LogP contribution in [0.2, 0.25) is 5.02 Å². The summed E-state index contributed by atoms with van der Waals surface area (Å²) in [5, 5.41) is 3.00. The maximum absolute atomic E-state index is 13.9. The summed E-state index contributed by atoms with van der Waals surface area (Å²) in [6.45, 7) is 6.61. The highest BCUT2D eigenvalue weighted by Crippen LogP contribution is 2.31. The largest absolute Gasteiger partial charge is 0.497 e. The first-order valence-corrected chi connectivity index (χ1v) is 14.3. The first-order valence-electron chi connectivity index (χ1n) is 12.5. The summed E-state index contributed by atoms with van der Waals surface area (Å²) < 4.78 is 34.0. The Labute approximate surface area is 235 Å². The number of sulfonamides is 1. The van der Waals surface area contributed by atoms with Crippen LogP contribution in [0, 0.1) is 6.92 Å². The molecule has 0 aliphatic rings. The summed E-state index contributed by atoms with van der Waals surface area (Å²) >= 11 is 6.43. The number of carbonyl (C=O) groups excluding carboxylic acids is 2. The highest BCUT2D eigenvalue weighted by molar-refractivity contribution is 7.92. The number of hydrogen-bond donors (Lipinski definition) is 1. The zero-order valence-electron chi connectivity index (χ0n) is 22.7. The lowest BCUT2D eigenvalue weighted by Crippen LogP contribution is -2.52. The Kier molecular flexibility index (Phi) is 9.99. The van der Waals surface area contributed by atoms with E-state index in [0.29, 0.717) is 5.75 Å². The smallest absolute Gasteiger partial charge is 0.264 e. The van der Waals surface area contributed by atoms with Crippen LogP contribution in [0.1, 0.15) is 31.9 Å². The Balaban J connectivity index is 2.05. The molecule has 3 rings (SSSR count). The summed E-state index contributed by atoms with van der Waals surface area (Å²) in [6.07, 6.45) is 0. The van der Waals surface area contributed by atoms with E-state index in [2.05, 4.69) is 5.32 Å². The van der Waals surface area contributed by atoms with Gasteiger partial charge >= 0.3 is 0 Å². The van der Waals surface area contributed by atoms with Crippen molar-refractivity contribution in [2.75, 3.05) is 18.0 Å². The molecule has 208 valence electrons. The van der Waals surface area contributed by atoms with Crippen molar-refractivity contribution >= 4 is 39.1 Å². The van der Waals surface area contributed by atoms with E-state index in [0.717, 1.165) is 15.4 Å². The highest BCUT2D eigenvalue weighted by atomic mass is 35.5. The van der Waals surface area contributed by atoms with Gasteiger partial charge in [-0.25, -0.2) is 8.42 Å². The first kappa shape index (κ1) is 30.0. The summed E-state index contributed by atoms with van der Waals surface area (Å²) in [5.41, 5.74) is 1.77. The molecule has 0 saturated carbocycles. The summed E-state index contributed by atoms with van der Waals surface area (Å²) in [4.78, 5) is 28.3. The third-order valence-electron chi connectivity index (χ3n) is 6.09. The maximum Gasteiger partial charge on any atom is 0.264 e. The molecule has 0 spiro atoms. The van der Waals surface area contributed by atoms with E-state index in [-0.39, 0.29) is 34.1 Å². The number of methoxy groups -OCH3 is 1. The number of para-hydroxylation sites is 1. The van der Waals surface area contributed by atoms with Crippen molar-refractivity contribution < 1.29 is 22.7 Å². The van der Waals surface area contributed by atoms with Gasteiger partial charge in [0.2, 0.25) is 11.8 Å². The Bertz CT molecular complexity index is 1410. The fourth-order valence-corrected chi connectivity index (χ4v) is 5.68. The molecule has 3 aromatic carbocycles. The van der Waals surface area contributed by atoms with Gasteiger partial charge in [0, 0.05) is 12.6 Å². The van der Waals surface area contributed by atoms with Gasteiger partial charge in [-0.3, -0.25) is 13.9 Å². The second kappa shape index (κ2) is 13.0. The zero-order chi connectivity index (χ0) is 28.7. The minimum absolute atomic E-state index is 0.0192. The van der Waals surface area contributed by atoms with E-state index in [1.807, 2.05) is 26.8 Å². The van der Waals surface area contributed by atoms with Gasteiger partial charge in [-0.1, -0.05) is 53.6 Å². The number of anilines is 1. The normalized spacial score (nSPS) is 12.1. The first-order chi connectivity index (χ1) is 18.4. The number of hydrogen-bond acceptors (Lipinski definition) is 5. The van der Waals surface area contributed by atoms with Crippen LogP contribution in [0.3, 0.4) is 0 Å². The SMILES string of the molecule is COc1cccc(CN(C(=O)CN(c2ccccc2Cl)S(=O)(=O)c2ccc(C)cc2)[C@H](C)C(=O)NC(C)C)c1. The minimum atomic E-state index is -4.19. The molecule has 0 heterocycles. The second-order valence-corrected chi connectivity index (χ2v) is 11.8. The molecule has 1 N–H and O–H groups in total. The van der Waals surface area contributed by atoms with Gasteiger partial charge in [-0.15, -0.1) is 0 Å². The van der Waals surface area contributed by atoms with E-state index in [4.69, 9.17) is 16.3 Å². The van der Waals surface area contributed by atoms with Crippen LogP contribution >= 0.6 is 11.6 Å². The molecule has 8 nitrogen and oxygen atoms in total. The van der Waals surface area contributed by atoms with Crippen LogP contribution in [0.15, 0.2) is 77.7 Å². The van der Waals surface area contributed by atoms with Crippen molar-refractivity contribution in [3.05, 3.63) is 88.9 Å². The minimum Gasteiger partial charge on any atom is -0.497 e. The molecule has 0 unspecified atom stereocenters. The Morgan fingerprint density at radius 1 is 0.974 bits per heavy atom. The van der Waals surface area contributed by atoms with Crippen LogP contribution in [0.4, 0.5) is 5.69 Å². The van der Waals surface area contributed by atoms with E-state index in [1.165, 1.54) is 24.1 Å². The molecule has 2 amide bonds.